The molecule has 5 rings (SSSR count). The zero-order valence-electron chi connectivity index (χ0n) is 29.3. The molecule has 0 bridgehead atoms. The molecule has 2 amide bonds. The summed E-state index contributed by atoms with van der Waals surface area (Å²) in [6, 6.07) is 9.50. The van der Waals surface area contributed by atoms with Gasteiger partial charge in [-0.25, -0.2) is 9.97 Å². The fourth-order valence-electron chi connectivity index (χ4n) is 5.44. The number of nitrogens with zero attached hydrogens (tertiary/aromatic N) is 4. The minimum atomic E-state index is -4.65. The first-order valence-electron chi connectivity index (χ1n) is 16.5. The van der Waals surface area contributed by atoms with Crippen LogP contribution in [-0.2, 0) is 27.6 Å². The van der Waals surface area contributed by atoms with Crippen LogP contribution in [0, 0.1) is 5.92 Å². The Labute approximate surface area is 289 Å². The molecule has 0 spiro atoms. The van der Waals surface area contributed by atoms with Gasteiger partial charge in [-0.3, -0.25) is 14.5 Å². The number of rotatable bonds is 14. The van der Waals surface area contributed by atoms with E-state index in [2.05, 4.69) is 24.4 Å². The number of benzene rings is 1. The predicted octanol–water partition coefficient (Wildman–Crippen LogP) is 6.94. The van der Waals surface area contributed by atoms with Gasteiger partial charge in [0.05, 0.1) is 35.0 Å². The molecular formula is C34H46F3N5O5SSi. The van der Waals surface area contributed by atoms with E-state index in [1.807, 2.05) is 0 Å². The molecule has 10 nitrogen and oxygen atoms in total. The molecule has 268 valence electrons. The number of nitrogens with one attached hydrogen (secondary N) is 1. The molecule has 1 N–H and O–H groups in total. The molecule has 2 aromatic heterocycles. The number of pyridine rings is 1. The number of imide groups is 1. The van der Waals surface area contributed by atoms with Crippen molar-refractivity contribution in [3.05, 3.63) is 59.0 Å². The second kappa shape index (κ2) is 13.7. The Hall–Kier alpha value is -2.82. The van der Waals surface area contributed by atoms with E-state index in [4.69, 9.17) is 19.4 Å². The average molecular weight is 722 g/mol. The van der Waals surface area contributed by atoms with E-state index in [-0.39, 0.29) is 35.9 Å². The second-order valence-electron chi connectivity index (χ2n) is 15.5. The zero-order valence-corrected chi connectivity index (χ0v) is 31.1. The molecule has 3 heterocycles. The van der Waals surface area contributed by atoms with Crippen molar-refractivity contribution >= 4 is 42.4 Å². The summed E-state index contributed by atoms with van der Waals surface area (Å²) in [5.74, 6) is -0.480. The van der Waals surface area contributed by atoms with Crippen molar-refractivity contribution in [1.82, 2.24) is 24.2 Å². The summed E-state index contributed by atoms with van der Waals surface area (Å²) in [6.07, 6.45) is -3.02. The maximum Gasteiger partial charge on any atom is 0.416 e. The molecule has 1 aromatic carbocycles. The van der Waals surface area contributed by atoms with Gasteiger partial charge in [0.15, 0.2) is 11.2 Å². The number of imidazole rings is 1. The van der Waals surface area contributed by atoms with Gasteiger partial charge in [0.25, 0.3) is 11.8 Å². The zero-order chi connectivity index (χ0) is 36.1. The first kappa shape index (κ1) is 37.4. The minimum Gasteiger partial charge on any atom is -0.598 e. The van der Waals surface area contributed by atoms with Crippen LogP contribution in [0.15, 0.2) is 36.4 Å². The summed E-state index contributed by atoms with van der Waals surface area (Å²) < 4.78 is 70.4. The van der Waals surface area contributed by atoms with Crippen molar-refractivity contribution in [2.45, 2.75) is 108 Å². The van der Waals surface area contributed by atoms with E-state index in [1.165, 1.54) is 4.90 Å². The summed E-state index contributed by atoms with van der Waals surface area (Å²) in [4.78, 5) is 38.0. The third kappa shape index (κ3) is 8.23. The number of hydrogen-bond acceptors (Lipinski definition) is 8. The van der Waals surface area contributed by atoms with Crippen LogP contribution in [0.25, 0.3) is 11.2 Å². The van der Waals surface area contributed by atoms with Crippen LogP contribution in [0.3, 0.4) is 0 Å². The van der Waals surface area contributed by atoms with E-state index in [0.717, 1.165) is 32.7 Å². The van der Waals surface area contributed by atoms with Gasteiger partial charge in [0.1, 0.15) is 23.3 Å². The van der Waals surface area contributed by atoms with Crippen LogP contribution in [-0.4, -0.2) is 73.6 Å². The highest BCUT2D eigenvalue weighted by atomic mass is 32.2. The standard InChI is InChI=1S/C34H46F3N5O5SSi/c1-32(2,3)48(45)40-25(19-47-33(4,5)34(35,36)37)29-39-28-26(41(29)20-46-17-18-49(6,7)8)16-15-24(38-28)27(21-13-14-21)42-30(43)22-11-9-10-12-23(22)31(42)44/h9-12,15-16,21,25,27,40H,13-14,17-20H2,1-8H3/t25-,27+,48+/m0/s1. The number of halogens is 3. The number of aromatic nitrogens is 3. The molecule has 49 heavy (non-hydrogen) atoms. The first-order valence-corrected chi connectivity index (χ1v) is 21.4. The smallest absolute Gasteiger partial charge is 0.416 e. The molecule has 2 aliphatic rings. The molecule has 3 aromatic rings. The first-order chi connectivity index (χ1) is 22.7. The molecule has 3 atom stereocenters. The predicted molar refractivity (Wildman–Crippen MR) is 184 cm³/mol. The third-order valence-corrected chi connectivity index (χ3v) is 12.1. The van der Waals surface area contributed by atoms with Crippen molar-refractivity contribution in [3.63, 3.8) is 0 Å². The lowest BCUT2D eigenvalue weighted by Gasteiger charge is -2.32. The quantitative estimate of drug-likeness (QED) is 0.0823. The summed E-state index contributed by atoms with van der Waals surface area (Å²) in [5.41, 5.74) is -0.514. The van der Waals surface area contributed by atoms with E-state index < -0.39 is 54.7 Å². The van der Waals surface area contributed by atoms with Gasteiger partial charge in [0, 0.05) is 26.0 Å². The van der Waals surface area contributed by atoms with Crippen LogP contribution in [0.5, 0.6) is 0 Å². The lowest BCUT2D eigenvalue weighted by molar-refractivity contribution is -0.265. The number of carbonyl (C=O) groups is 2. The Balaban J connectivity index is 1.56. The molecule has 1 fully saturated rings. The Morgan fingerprint density at radius 3 is 2.14 bits per heavy atom. The summed E-state index contributed by atoms with van der Waals surface area (Å²) in [5, 5.41) is 0. The number of amides is 2. The maximum absolute atomic E-state index is 13.8. The van der Waals surface area contributed by atoms with Crippen LogP contribution in [0.1, 0.15) is 91.8 Å². The molecular weight excluding hydrogens is 676 g/mol. The van der Waals surface area contributed by atoms with Crippen molar-refractivity contribution in [2.24, 2.45) is 5.92 Å². The topological polar surface area (TPSA) is 122 Å². The molecule has 0 saturated heterocycles. The molecule has 0 radical (unpaired) electrons. The van der Waals surface area contributed by atoms with Gasteiger partial charge >= 0.3 is 6.18 Å². The van der Waals surface area contributed by atoms with Gasteiger partial charge in [0.2, 0.25) is 0 Å². The maximum atomic E-state index is 13.8. The molecule has 1 saturated carbocycles. The number of fused-ring (bicyclic) bond motifs is 2. The van der Waals surface area contributed by atoms with Gasteiger partial charge in [-0.05, 0) is 83.7 Å². The fraction of sp³-hybridized carbons (Fsp3) is 0.588. The van der Waals surface area contributed by atoms with Crippen molar-refractivity contribution < 1.29 is 36.8 Å². The SMILES string of the molecule is CC(C)(C)[S@@+]([O-])N[C@@H](COC(C)(C)C(F)(F)F)c1nc2nc([C@@H](C3CC3)N3C(=O)c4ccccc4C3=O)ccc2n1COCC[Si](C)(C)C. The molecule has 0 unspecified atom stereocenters. The van der Waals surface area contributed by atoms with Gasteiger partial charge < -0.3 is 18.6 Å². The van der Waals surface area contributed by atoms with E-state index in [9.17, 15) is 27.3 Å². The third-order valence-electron chi connectivity index (χ3n) is 8.77. The van der Waals surface area contributed by atoms with Crippen LogP contribution >= 0.6 is 0 Å². The molecule has 1 aliphatic carbocycles. The van der Waals surface area contributed by atoms with E-state index in [1.54, 1.807) is 61.7 Å². The van der Waals surface area contributed by atoms with Crippen molar-refractivity contribution in [3.8, 4) is 0 Å². The highest BCUT2D eigenvalue weighted by Crippen LogP contribution is 2.47. The Morgan fingerprint density at radius 1 is 1.00 bits per heavy atom. The Kier molecular flexibility index (Phi) is 10.5. The van der Waals surface area contributed by atoms with Crippen molar-refractivity contribution in [2.75, 3.05) is 13.2 Å². The second-order valence-corrected chi connectivity index (χ2v) is 23.1. The van der Waals surface area contributed by atoms with Gasteiger partial charge in [-0.15, -0.1) is 4.72 Å². The van der Waals surface area contributed by atoms with Crippen LogP contribution < -0.4 is 4.72 Å². The Bertz CT molecular complexity index is 1660. The normalized spacial score (nSPS) is 17.9. The lowest BCUT2D eigenvalue weighted by Crippen LogP contribution is -2.47. The average Bonchev–Trinajstić information content (AvgIpc) is 3.73. The number of carbonyl (C=O) groups excluding carboxylic acids is 2. The Morgan fingerprint density at radius 2 is 1.61 bits per heavy atom. The number of hydrogen-bond donors (Lipinski definition) is 1. The lowest BCUT2D eigenvalue weighted by atomic mass is 10.1. The molecule has 15 heteroatoms. The van der Waals surface area contributed by atoms with E-state index >= 15 is 0 Å². The highest BCUT2D eigenvalue weighted by Gasteiger charge is 2.50. The minimum absolute atomic E-state index is 0.0186. The summed E-state index contributed by atoms with van der Waals surface area (Å²) in [6.45, 7) is 13.8. The number of alkyl halides is 3. The highest BCUT2D eigenvalue weighted by molar-refractivity contribution is 7.90. The largest absolute Gasteiger partial charge is 0.598 e. The summed E-state index contributed by atoms with van der Waals surface area (Å²) in [7, 11) is -1.44. The molecule has 1 aliphatic heterocycles. The fourth-order valence-corrected chi connectivity index (χ4v) is 6.98. The van der Waals surface area contributed by atoms with Crippen LogP contribution in [0.2, 0.25) is 25.7 Å². The van der Waals surface area contributed by atoms with Gasteiger partial charge in [-0.1, -0.05) is 31.8 Å². The van der Waals surface area contributed by atoms with Crippen molar-refractivity contribution in [1.29, 1.82) is 0 Å². The van der Waals surface area contributed by atoms with Crippen LogP contribution in [0.4, 0.5) is 13.2 Å². The summed E-state index contributed by atoms with van der Waals surface area (Å²) >= 11 is -1.71. The van der Waals surface area contributed by atoms with Gasteiger partial charge in [-0.2, -0.15) is 13.2 Å². The monoisotopic (exact) mass is 721 g/mol. The number of ether oxygens (including phenoxy) is 2. The van der Waals surface area contributed by atoms with E-state index in [0.29, 0.717) is 28.9 Å².